The summed E-state index contributed by atoms with van der Waals surface area (Å²) in [6.45, 7) is 3.65. The average molecular weight is 399 g/mol. The zero-order chi connectivity index (χ0) is 19.4. The Hall–Kier alpha value is -2.84. The molecule has 0 aliphatic heterocycles. The van der Waals surface area contributed by atoms with Crippen molar-refractivity contribution in [1.29, 1.82) is 0 Å². The summed E-state index contributed by atoms with van der Waals surface area (Å²) in [5.74, 6) is 0.247. The molecule has 8 heteroatoms. The highest BCUT2D eigenvalue weighted by molar-refractivity contribution is 7.92. The van der Waals surface area contributed by atoms with Gasteiger partial charge in [-0.15, -0.1) is 0 Å². The molecule has 1 heterocycles. The van der Waals surface area contributed by atoms with Gasteiger partial charge < -0.3 is 5.32 Å². The quantitative estimate of drug-likeness (QED) is 0.655. The molecule has 0 bridgehead atoms. The van der Waals surface area contributed by atoms with Gasteiger partial charge in [-0.05, 0) is 43.8 Å². The number of thiocarbonyl (C=S) groups is 1. The Kier molecular flexibility index (Phi) is 5.48. The second kappa shape index (κ2) is 7.81. The van der Waals surface area contributed by atoms with Crippen LogP contribution in [0.3, 0.4) is 0 Å². The number of aromatic nitrogens is 2. The molecule has 0 atom stereocenters. The fourth-order valence-corrected chi connectivity index (χ4v) is 4.20. The van der Waals surface area contributed by atoms with Gasteiger partial charge in [-0.2, -0.15) is 0 Å². The van der Waals surface area contributed by atoms with Crippen molar-refractivity contribution in [3.63, 3.8) is 0 Å². The lowest BCUT2D eigenvalue weighted by Crippen LogP contribution is -2.35. The lowest BCUT2D eigenvalue weighted by Gasteiger charge is -2.14. The van der Waals surface area contributed by atoms with E-state index in [-0.39, 0.29) is 16.0 Å². The molecule has 0 fully saturated rings. The van der Waals surface area contributed by atoms with Crippen LogP contribution in [-0.4, -0.2) is 23.5 Å². The van der Waals surface area contributed by atoms with E-state index in [1.807, 2.05) is 50.2 Å². The van der Waals surface area contributed by atoms with Crippen LogP contribution in [0, 0.1) is 13.8 Å². The highest BCUT2D eigenvalue weighted by Crippen LogP contribution is 2.26. The third-order valence-electron chi connectivity index (χ3n) is 3.70. The van der Waals surface area contributed by atoms with Crippen molar-refractivity contribution in [3.05, 3.63) is 72.1 Å². The Morgan fingerprint density at radius 2 is 1.52 bits per heavy atom. The van der Waals surface area contributed by atoms with E-state index in [1.54, 1.807) is 24.3 Å². The minimum atomic E-state index is -3.89. The number of benzene rings is 2. The smallest absolute Gasteiger partial charge is 0.264 e. The molecule has 0 unspecified atom stereocenters. The second-order valence-electron chi connectivity index (χ2n) is 5.90. The first-order chi connectivity index (χ1) is 12.8. The van der Waals surface area contributed by atoms with Gasteiger partial charge in [0.1, 0.15) is 0 Å². The van der Waals surface area contributed by atoms with Crippen LogP contribution in [0.1, 0.15) is 11.4 Å². The lowest BCUT2D eigenvalue weighted by atomic mass is 10.1. The fourth-order valence-electron chi connectivity index (χ4n) is 2.64. The highest BCUT2D eigenvalue weighted by Gasteiger charge is 2.20. The predicted molar refractivity (Wildman–Crippen MR) is 110 cm³/mol. The zero-order valence-corrected chi connectivity index (χ0v) is 16.4. The van der Waals surface area contributed by atoms with Crippen molar-refractivity contribution >= 4 is 33.3 Å². The van der Waals surface area contributed by atoms with Gasteiger partial charge in [-0.1, -0.05) is 48.5 Å². The molecule has 0 aliphatic carbocycles. The maximum atomic E-state index is 12.9. The zero-order valence-electron chi connectivity index (χ0n) is 14.8. The Bertz CT molecular complexity index is 1060. The molecule has 3 rings (SSSR count). The van der Waals surface area contributed by atoms with Crippen LogP contribution in [0.5, 0.6) is 0 Å². The summed E-state index contributed by atoms with van der Waals surface area (Å²) in [5.41, 5.74) is 2.90. The van der Waals surface area contributed by atoms with Gasteiger partial charge in [-0.25, -0.2) is 18.4 Å². The number of rotatable bonds is 4. The molecule has 0 spiro atoms. The van der Waals surface area contributed by atoms with Crippen molar-refractivity contribution in [2.24, 2.45) is 0 Å². The summed E-state index contributed by atoms with van der Waals surface area (Å²) < 4.78 is 28.1. The first-order valence-electron chi connectivity index (χ1n) is 8.16. The van der Waals surface area contributed by atoms with Crippen molar-refractivity contribution in [3.8, 4) is 11.1 Å². The first kappa shape index (κ1) is 18.9. The SMILES string of the molecule is Cc1cc(C)nc(NC(=S)NS(=O)(=O)c2ccccc2-c2ccccc2)n1. The third kappa shape index (κ3) is 4.66. The molecule has 3 aromatic rings. The summed E-state index contributed by atoms with van der Waals surface area (Å²) in [6.07, 6.45) is 0. The Morgan fingerprint density at radius 1 is 0.926 bits per heavy atom. The predicted octanol–water partition coefficient (Wildman–Crippen LogP) is 3.44. The number of hydrogen-bond acceptors (Lipinski definition) is 5. The number of nitrogens with one attached hydrogen (secondary N) is 2. The highest BCUT2D eigenvalue weighted by atomic mass is 32.2. The van der Waals surface area contributed by atoms with Crippen LogP contribution < -0.4 is 10.0 Å². The molecular formula is C19H18N4O2S2. The van der Waals surface area contributed by atoms with E-state index >= 15 is 0 Å². The summed E-state index contributed by atoms with van der Waals surface area (Å²) in [4.78, 5) is 8.54. The van der Waals surface area contributed by atoms with E-state index < -0.39 is 10.0 Å². The van der Waals surface area contributed by atoms with Crippen LogP contribution in [0.15, 0.2) is 65.6 Å². The van der Waals surface area contributed by atoms with Gasteiger partial charge in [0.05, 0.1) is 4.90 Å². The number of aryl methyl sites for hydroxylation is 2. The van der Waals surface area contributed by atoms with Crippen molar-refractivity contribution in [2.45, 2.75) is 18.7 Å². The van der Waals surface area contributed by atoms with Gasteiger partial charge in [0, 0.05) is 17.0 Å². The standard InChI is InChI=1S/C19H18N4O2S2/c1-13-12-14(2)21-18(20-13)22-19(26)23-27(24,25)17-11-7-6-10-16(17)15-8-4-3-5-9-15/h3-12H,1-2H3,(H2,20,21,22,23,26). The molecule has 138 valence electrons. The average Bonchev–Trinajstić information content (AvgIpc) is 2.61. The van der Waals surface area contributed by atoms with Gasteiger partial charge in [-0.3, -0.25) is 4.72 Å². The monoisotopic (exact) mass is 398 g/mol. The first-order valence-corrected chi connectivity index (χ1v) is 10.0. The molecule has 0 radical (unpaired) electrons. The van der Waals surface area contributed by atoms with Gasteiger partial charge in [0.15, 0.2) is 5.11 Å². The van der Waals surface area contributed by atoms with Gasteiger partial charge >= 0.3 is 0 Å². The molecule has 0 saturated carbocycles. The van der Waals surface area contributed by atoms with Crippen molar-refractivity contribution in [2.75, 3.05) is 5.32 Å². The molecule has 0 aliphatic rings. The molecule has 0 saturated heterocycles. The summed E-state index contributed by atoms with van der Waals surface area (Å²) >= 11 is 5.15. The maximum absolute atomic E-state index is 12.9. The van der Waals surface area contributed by atoms with Crippen LogP contribution in [0.4, 0.5) is 5.95 Å². The number of anilines is 1. The molecule has 2 N–H and O–H groups in total. The maximum Gasteiger partial charge on any atom is 0.264 e. The van der Waals surface area contributed by atoms with E-state index in [9.17, 15) is 8.42 Å². The molecule has 1 aromatic heterocycles. The molecular weight excluding hydrogens is 380 g/mol. The normalized spacial score (nSPS) is 11.0. The minimum absolute atomic E-state index is 0.0946. The third-order valence-corrected chi connectivity index (χ3v) is 5.44. The molecule has 2 aromatic carbocycles. The number of nitrogens with zero attached hydrogens (tertiary/aromatic N) is 2. The molecule has 27 heavy (non-hydrogen) atoms. The second-order valence-corrected chi connectivity index (χ2v) is 7.96. The fraction of sp³-hybridized carbons (Fsp3) is 0.105. The van der Waals surface area contributed by atoms with E-state index in [0.29, 0.717) is 5.56 Å². The number of sulfonamides is 1. The molecule has 6 nitrogen and oxygen atoms in total. The van der Waals surface area contributed by atoms with Crippen LogP contribution in [-0.2, 0) is 10.0 Å². The summed E-state index contributed by atoms with van der Waals surface area (Å²) in [7, 11) is -3.89. The van der Waals surface area contributed by atoms with Crippen LogP contribution >= 0.6 is 12.2 Å². The van der Waals surface area contributed by atoms with Gasteiger partial charge in [0.2, 0.25) is 5.95 Å². The topological polar surface area (TPSA) is 84.0 Å². The van der Waals surface area contributed by atoms with Gasteiger partial charge in [0.25, 0.3) is 10.0 Å². The minimum Gasteiger partial charge on any atom is -0.300 e. The van der Waals surface area contributed by atoms with E-state index in [0.717, 1.165) is 17.0 Å². The van der Waals surface area contributed by atoms with Crippen LogP contribution in [0.25, 0.3) is 11.1 Å². The number of hydrogen-bond donors (Lipinski definition) is 2. The lowest BCUT2D eigenvalue weighted by molar-refractivity contribution is 0.593. The Balaban J connectivity index is 1.86. The largest absolute Gasteiger partial charge is 0.300 e. The van der Waals surface area contributed by atoms with E-state index in [1.165, 1.54) is 0 Å². The molecule has 0 amide bonds. The Labute approximate surface area is 163 Å². The Morgan fingerprint density at radius 3 is 2.19 bits per heavy atom. The van der Waals surface area contributed by atoms with E-state index in [4.69, 9.17) is 12.2 Å². The van der Waals surface area contributed by atoms with E-state index in [2.05, 4.69) is 20.0 Å². The van der Waals surface area contributed by atoms with Crippen molar-refractivity contribution < 1.29 is 8.42 Å². The summed E-state index contributed by atoms with van der Waals surface area (Å²) in [5, 5.41) is 2.63. The van der Waals surface area contributed by atoms with Crippen LogP contribution in [0.2, 0.25) is 0 Å². The summed E-state index contributed by atoms with van der Waals surface area (Å²) in [6, 6.07) is 17.9. The van der Waals surface area contributed by atoms with Crippen molar-refractivity contribution in [1.82, 2.24) is 14.7 Å².